The Kier molecular flexibility index (Phi) is 3.60. The smallest absolute Gasteiger partial charge is 0.245 e. The summed E-state index contributed by atoms with van der Waals surface area (Å²) in [6, 6.07) is 5.28. The van der Waals surface area contributed by atoms with Gasteiger partial charge in [-0.2, -0.15) is 0 Å². The number of carbonyl (C=O) groups is 2. The Morgan fingerprint density at radius 1 is 1.44 bits per heavy atom. The minimum absolute atomic E-state index is 0.0517. The standard InChI is InChI=1S/C13H17N3O2/c1-9-4-3-5-11(14-9)8-16-7-6-12(17)15-10(2)13(16)18/h3-5,10H,6-8H2,1-2H3,(H,15,17). The van der Waals surface area contributed by atoms with Gasteiger partial charge in [-0.1, -0.05) is 6.07 Å². The van der Waals surface area contributed by atoms with Crippen LogP contribution in [0.25, 0.3) is 0 Å². The van der Waals surface area contributed by atoms with Gasteiger partial charge in [-0.25, -0.2) is 0 Å². The molecule has 0 radical (unpaired) electrons. The highest BCUT2D eigenvalue weighted by Crippen LogP contribution is 2.09. The summed E-state index contributed by atoms with van der Waals surface area (Å²) in [5.41, 5.74) is 1.78. The fourth-order valence-corrected chi connectivity index (χ4v) is 2.04. The molecule has 1 N–H and O–H groups in total. The van der Waals surface area contributed by atoms with Crippen molar-refractivity contribution >= 4 is 11.8 Å². The van der Waals surface area contributed by atoms with Crippen molar-refractivity contribution in [3.05, 3.63) is 29.6 Å². The molecule has 1 aromatic rings. The van der Waals surface area contributed by atoms with Crippen molar-refractivity contribution in [2.24, 2.45) is 0 Å². The summed E-state index contributed by atoms with van der Waals surface area (Å²) in [6.07, 6.45) is 0.349. The van der Waals surface area contributed by atoms with Crippen LogP contribution < -0.4 is 5.32 Å². The number of nitrogens with zero attached hydrogens (tertiary/aromatic N) is 2. The largest absolute Gasteiger partial charge is 0.345 e. The predicted octanol–water partition coefficient (Wildman–Crippen LogP) is 0.627. The van der Waals surface area contributed by atoms with E-state index in [9.17, 15) is 9.59 Å². The number of carbonyl (C=O) groups excluding carboxylic acids is 2. The molecule has 1 fully saturated rings. The average molecular weight is 247 g/mol. The van der Waals surface area contributed by atoms with Crippen LogP contribution in [0.5, 0.6) is 0 Å². The molecule has 0 bridgehead atoms. The number of amides is 2. The number of nitrogens with one attached hydrogen (secondary N) is 1. The molecule has 1 aromatic heterocycles. The lowest BCUT2D eigenvalue weighted by Gasteiger charge is -2.21. The third-order valence-electron chi connectivity index (χ3n) is 2.97. The highest BCUT2D eigenvalue weighted by atomic mass is 16.2. The normalized spacial score (nSPS) is 20.6. The second-order valence-electron chi connectivity index (χ2n) is 4.57. The van der Waals surface area contributed by atoms with Gasteiger partial charge >= 0.3 is 0 Å². The SMILES string of the molecule is Cc1cccc(CN2CCC(=O)NC(C)C2=O)n1. The van der Waals surface area contributed by atoms with E-state index in [0.29, 0.717) is 19.5 Å². The van der Waals surface area contributed by atoms with Crippen molar-refractivity contribution < 1.29 is 9.59 Å². The van der Waals surface area contributed by atoms with E-state index in [1.165, 1.54) is 0 Å². The van der Waals surface area contributed by atoms with E-state index >= 15 is 0 Å². The number of hydrogen-bond acceptors (Lipinski definition) is 3. The van der Waals surface area contributed by atoms with Crippen molar-refractivity contribution in [3.63, 3.8) is 0 Å². The molecule has 1 aliphatic heterocycles. The van der Waals surface area contributed by atoms with Crippen LogP contribution >= 0.6 is 0 Å². The molecule has 1 atom stereocenters. The molecule has 1 saturated heterocycles. The van der Waals surface area contributed by atoms with Crippen LogP contribution in [-0.2, 0) is 16.1 Å². The van der Waals surface area contributed by atoms with Gasteiger partial charge in [0, 0.05) is 18.7 Å². The maximum absolute atomic E-state index is 12.1. The second-order valence-corrected chi connectivity index (χ2v) is 4.57. The molecule has 2 amide bonds. The summed E-state index contributed by atoms with van der Waals surface area (Å²) in [6.45, 7) is 4.54. The highest BCUT2D eigenvalue weighted by molar-refractivity contribution is 5.89. The zero-order valence-corrected chi connectivity index (χ0v) is 10.6. The Hall–Kier alpha value is -1.91. The first-order valence-electron chi connectivity index (χ1n) is 6.07. The molecular formula is C13H17N3O2. The van der Waals surface area contributed by atoms with E-state index in [1.807, 2.05) is 25.1 Å². The molecule has 5 heteroatoms. The highest BCUT2D eigenvalue weighted by Gasteiger charge is 2.26. The first-order chi connectivity index (χ1) is 8.56. The van der Waals surface area contributed by atoms with Crippen LogP contribution in [0.2, 0.25) is 0 Å². The van der Waals surface area contributed by atoms with Gasteiger partial charge in [-0.15, -0.1) is 0 Å². The summed E-state index contributed by atoms with van der Waals surface area (Å²) in [4.78, 5) is 29.5. The third kappa shape index (κ3) is 2.85. The molecule has 1 aliphatic rings. The summed E-state index contributed by atoms with van der Waals surface area (Å²) in [7, 11) is 0. The number of aromatic nitrogens is 1. The third-order valence-corrected chi connectivity index (χ3v) is 2.97. The maximum atomic E-state index is 12.1. The maximum Gasteiger partial charge on any atom is 0.245 e. The van der Waals surface area contributed by atoms with Crippen LogP contribution in [0.1, 0.15) is 24.7 Å². The van der Waals surface area contributed by atoms with Crippen LogP contribution in [0.3, 0.4) is 0 Å². The fraction of sp³-hybridized carbons (Fsp3) is 0.462. The Morgan fingerprint density at radius 2 is 2.22 bits per heavy atom. The molecule has 1 unspecified atom stereocenters. The van der Waals surface area contributed by atoms with Gasteiger partial charge in [0.15, 0.2) is 0 Å². The Bertz CT molecular complexity index is 473. The molecule has 2 rings (SSSR count). The summed E-state index contributed by atoms with van der Waals surface area (Å²) < 4.78 is 0. The molecule has 5 nitrogen and oxygen atoms in total. The Morgan fingerprint density at radius 3 is 2.94 bits per heavy atom. The minimum Gasteiger partial charge on any atom is -0.345 e. The lowest BCUT2D eigenvalue weighted by Crippen LogP contribution is -2.42. The van der Waals surface area contributed by atoms with Gasteiger partial charge in [0.25, 0.3) is 0 Å². The van der Waals surface area contributed by atoms with Crippen LogP contribution in [0.4, 0.5) is 0 Å². The fourth-order valence-electron chi connectivity index (χ4n) is 2.04. The van der Waals surface area contributed by atoms with Gasteiger partial charge in [-0.05, 0) is 26.0 Å². The van der Waals surface area contributed by atoms with E-state index in [-0.39, 0.29) is 11.8 Å². The van der Waals surface area contributed by atoms with E-state index in [2.05, 4.69) is 10.3 Å². The minimum atomic E-state index is -0.454. The summed E-state index contributed by atoms with van der Waals surface area (Å²) >= 11 is 0. The first-order valence-corrected chi connectivity index (χ1v) is 6.07. The molecule has 0 saturated carbocycles. The topological polar surface area (TPSA) is 62.3 Å². The molecule has 0 aromatic carbocycles. The van der Waals surface area contributed by atoms with Crippen molar-refractivity contribution in [3.8, 4) is 0 Å². The Balaban J connectivity index is 2.12. The average Bonchev–Trinajstić information content (AvgIpc) is 2.43. The van der Waals surface area contributed by atoms with Crippen molar-refractivity contribution in [2.45, 2.75) is 32.9 Å². The molecular weight excluding hydrogens is 230 g/mol. The molecule has 0 spiro atoms. The lowest BCUT2D eigenvalue weighted by atomic mass is 10.2. The van der Waals surface area contributed by atoms with Gasteiger partial charge in [0.2, 0.25) is 11.8 Å². The van der Waals surface area contributed by atoms with Gasteiger partial charge in [-0.3, -0.25) is 14.6 Å². The zero-order valence-electron chi connectivity index (χ0n) is 10.6. The van der Waals surface area contributed by atoms with E-state index < -0.39 is 6.04 Å². The summed E-state index contributed by atoms with van der Waals surface area (Å²) in [5.74, 6) is -0.125. The van der Waals surface area contributed by atoms with E-state index in [4.69, 9.17) is 0 Å². The van der Waals surface area contributed by atoms with Crippen molar-refractivity contribution in [2.75, 3.05) is 6.54 Å². The number of aryl methyl sites for hydroxylation is 1. The molecule has 2 heterocycles. The monoisotopic (exact) mass is 247 g/mol. The number of hydrogen-bond donors (Lipinski definition) is 1. The van der Waals surface area contributed by atoms with E-state index in [0.717, 1.165) is 11.4 Å². The molecule has 96 valence electrons. The van der Waals surface area contributed by atoms with Crippen LogP contribution in [-0.4, -0.2) is 34.3 Å². The molecule has 18 heavy (non-hydrogen) atoms. The lowest BCUT2D eigenvalue weighted by molar-refractivity contribution is -0.133. The van der Waals surface area contributed by atoms with Crippen molar-refractivity contribution in [1.29, 1.82) is 0 Å². The zero-order chi connectivity index (χ0) is 13.1. The Labute approximate surface area is 106 Å². The van der Waals surface area contributed by atoms with Crippen LogP contribution in [0, 0.1) is 6.92 Å². The van der Waals surface area contributed by atoms with Gasteiger partial charge < -0.3 is 10.2 Å². The van der Waals surface area contributed by atoms with E-state index in [1.54, 1.807) is 11.8 Å². The number of pyridine rings is 1. The predicted molar refractivity (Wildman–Crippen MR) is 66.6 cm³/mol. The first kappa shape index (κ1) is 12.5. The second kappa shape index (κ2) is 5.16. The number of rotatable bonds is 2. The molecule has 0 aliphatic carbocycles. The summed E-state index contributed by atoms with van der Waals surface area (Å²) in [5, 5.41) is 2.67. The van der Waals surface area contributed by atoms with Gasteiger partial charge in [0.05, 0.1) is 12.2 Å². The quantitative estimate of drug-likeness (QED) is 0.833. The van der Waals surface area contributed by atoms with Crippen LogP contribution in [0.15, 0.2) is 18.2 Å². The van der Waals surface area contributed by atoms with Crippen molar-refractivity contribution in [1.82, 2.24) is 15.2 Å². The van der Waals surface area contributed by atoms with Gasteiger partial charge in [0.1, 0.15) is 6.04 Å².